The number of para-hydroxylation sites is 1. The molecule has 0 fully saturated rings. The van der Waals surface area contributed by atoms with Crippen molar-refractivity contribution >= 4 is 17.7 Å². The predicted molar refractivity (Wildman–Crippen MR) is 138 cm³/mol. The summed E-state index contributed by atoms with van der Waals surface area (Å²) in [5.74, 6) is 1.86. The summed E-state index contributed by atoms with van der Waals surface area (Å²) in [6.07, 6.45) is 2.99. The summed E-state index contributed by atoms with van der Waals surface area (Å²) in [6.45, 7) is 2.68. The molecule has 1 N–H and O–H groups in total. The molecule has 0 saturated heterocycles. The Hall–Kier alpha value is -3.38. The highest BCUT2D eigenvalue weighted by Gasteiger charge is 2.15. The van der Waals surface area contributed by atoms with Gasteiger partial charge < -0.3 is 5.32 Å². The fourth-order valence-electron chi connectivity index (χ4n) is 3.80. The number of aryl methyl sites for hydroxylation is 2. The van der Waals surface area contributed by atoms with Gasteiger partial charge in [0.25, 0.3) is 0 Å². The van der Waals surface area contributed by atoms with Crippen LogP contribution in [0.2, 0.25) is 0 Å². The molecule has 3 aromatic carbocycles. The van der Waals surface area contributed by atoms with Crippen LogP contribution >= 0.6 is 11.8 Å². The van der Waals surface area contributed by atoms with E-state index in [1.807, 2.05) is 48.5 Å². The molecule has 0 atom stereocenters. The lowest BCUT2D eigenvalue weighted by Gasteiger charge is -2.10. The van der Waals surface area contributed by atoms with E-state index in [9.17, 15) is 4.79 Å². The van der Waals surface area contributed by atoms with E-state index in [1.54, 1.807) is 11.8 Å². The summed E-state index contributed by atoms with van der Waals surface area (Å²) in [5, 5.41) is 12.9. The molecule has 0 aliphatic carbocycles. The number of hydrogen-bond acceptors (Lipinski definition) is 4. The summed E-state index contributed by atoms with van der Waals surface area (Å²) in [4.78, 5) is 12.2. The Morgan fingerprint density at radius 2 is 1.62 bits per heavy atom. The second-order valence-electron chi connectivity index (χ2n) is 8.32. The van der Waals surface area contributed by atoms with Gasteiger partial charge in [-0.1, -0.05) is 90.1 Å². The average Bonchev–Trinajstić information content (AvgIpc) is 3.28. The Bertz CT molecular complexity index is 1190. The SMILES string of the molecule is Cc1cccc(CSc2nnc(CCCCC(=O)NCc3ccccc3)n2-c2ccccc2)c1. The Kier molecular flexibility index (Phi) is 8.52. The first-order valence-corrected chi connectivity index (χ1v) is 12.7. The van der Waals surface area contributed by atoms with E-state index in [2.05, 4.69) is 63.4 Å². The molecule has 174 valence electrons. The molecule has 5 nitrogen and oxygen atoms in total. The first-order chi connectivity index (χ1) is 16.7. The van der Waals surface area contributed by atoms with Crippen molar-refractivity contribution in [2.24, 2.45) is 0 Å². The van der Waals surface area contributed by atoms with Crippen molar-refractivity contribution in [1.29, 1.82) is 0 Å². The normalized spacial score (nSPS) is 10.9. The number of carbonyl (C=O) groups is 1. The van der Waals surface area contributed by atoms with E-state index in [4.69, 9.17) is 0 Å². The van der Waals surface area contributed by atoms with E-state index in [0.29, 0.717) is 13.0 Å². The van der Waals surface area contributed by atoms with Crippen LogP contribution < -0.4 is 5.32 Å². The van der Waals surface area contributed by atoms with Gasteiger partial charge in [0.05, 0.1) is 0 Å². The molecule has 0 saturated carbocycles. The van der Waals surface area contributed by atoms with E-state index in [-0.39, 0.29) is 5.91 Å². The summed E-state index contributed by atoms with van der Waals surface area (Å²) in [5.41, 5.74) is 4.71. The van der Waals surface area contributed by atoms with Gasteiger partial charge in [-0.2, -0.15) is 0 Å². The lowest BCUT2D eigenvalue weighted by Crippen LogP contribution is -2.22. The van der Waals surface area contributed by atoms with E-state index in [0.717, 1.165) is 47.2 Å². The molecule has 4 aromatic rings. The molecule has 0 aliphatic rings. The van der Waals surface area contributed by atoms with Gasteiger partial charge in [-0.15, -0.1) is 10.2 Å². The fraction of sp³-hybridized carbons (Fsp3) is 0.250. The predicted octanol–water partition coefficient (Wildman–Crippen LogP) is 5.90. The van der Waals surface area contributed by atoms with Crippen LogP contribution in [-0.4, -0.2) is 20.7 Å². The maximum Gasteiger partial charge on any atom is 0.220 e. The molecular weight excluding hydrogens is 440 g/mol. The molecular formula is C28H30N4OS. The van der Waals surface area contributed by atoms with Gasteiger partial charge in [-0.25, -0.2) is 0 Å². The van der Waals surface area contributed by atoms with Crippen LogP contribution in [0.4, 0.5) is 0 Å². The average molecular weight is 471 g/mol. The van der Waals surface area contributed by atoms with Crippen molar-refractivity contribution in [3.05, 3.63) is 107 Å². The van der Waals surface area contributed by atoms with E-state index >= 15 is 0 Å². The van der Waals surface area contributed by atoms with Crippen LogP contribution in [0.5, 0.6) is 0 Å². The number of unbranched alkanes of at least 4 members (excludes halogenated alkanes) is 1. The molecule has 0 bridgehead atoms. The molecule has 0 spiro atoms. The van der Waals surface area contributed by atoms with Crippen molar-refractivity contribution in [3.63, 3.8) is 0 Å². The molecule has 6 heteroatoms. The molecule has 1 amide bonds. The van der Waals surface area contributed by atoms with Gasteiger partial charge in [0, 0.05) is 30.8 Å². The first-order valence-electron chi connectivity index (χ1n) is 11.7. The minimum absolute atomic E-state index is 0.0859. The number of nitrogens with zero attached hydrogens (tertiary/aromatic N) is 3. The third-order valence-corrected chi connectivity index (χ3v) is 6.55. The zero-order valence-electron chi connectivity index (χ0n) is 19.5. The number of aromatic nitrogens is 3. The minimum atomic E-state index is 0.0859. The number of benzene rings is 3. The van der Waals surface area contributed by atoms with Crippen LogP contribution in [-0.2, 0) is 23.5 Å². The maximum atomic E-state index is 12.2. The second kappa shape index (κ2) is 12.2. The summed E-state index contributed by atoms with van der Waals surface area (Å²) < 4.78 is 2.15. The quantitative estimate of drug-likeness (QED) is 0.219. The fourth-order valence-corrected chi connectivity index (χ4v) is 4.71. The number of hydrogen-bond donors (Lipinski definition) is 1. The minimum Gasteiger partial charge on any atom is -0.352 e. The standard InChI is InChI=1S/C28H30N4OS/c1-22-11-10-14-24(19-22)21-34-28-31-30-26(32(28)25-15-6-3-7-16-25)17-8-9-18-27(33)29-20-23-12-4-2-5-13-23/h2-7,10-16,19H,8-9,17-18,20-21H2,1H3,(H,29,33). The summed E-state index contributed by atoms with van der Waals surface area (Å²) in [7, 11) is 0. The second-order valence-corrected chi connectivity index (χ2v) is 9.26. The Morgan fingerprint density at radius 3 is 2.38 bits per heavy atom. The van der Waals surface area contributed by atoms with Crippen molar-refractivity contribution in [1.82, 2.24) is 20.1 Å². The number of amides is 1. The monoisotopic (exact) mass is 470 g/mol. The van der Waals surface area contributed by atoms with Gasteiger partial charge >= 0.3 is 0 Å². The molecule has 0 aliphatic heterocycles. The van der Waals surface area contributed by atoms with Crippen LogP contribution in [0.3, 0.4) is 0 Å². The highest BCUT2D eigenvalue weighted by Crippen LogP contribution is 2.26. The molecule has 0 unspecified atom stereocenters. The van der Waals surface area contributed by atoms with Gasteiger partial charge in [0.2, 0.25) is 5.91 Å². The van der Waals surface area contributed by atoms with Crippen LogP contribution in [0.1, 0.15) is 41.8 Å². The highest BCUT2D eigenvalue weighted by molar-refractivity contribution is 7.98. The number of carbonyl (C=O) groups excluding carboxylic acids is 1. The van der Waals surface area contributed by atoms with Gasteiger partial charge in [-0.3, -0.25) is 9.36 Å². The van der Waals surface area contributed by atoms with Gasteiger partial charge in [0.15, 0.2) is 5.16 Å². The van der Waals surface area contributed by atoms with Gasteiger partial charge in [0.1, 0.15) is 5.82 Å². The highest BCUT2D eigenvalue weighted by atomic mass is 32.2. The van der Waals surface area contributed by atoms with E-state index < -0.39 is 0 Å². The smallest absolute Gasteiger partial charge is 0.220 e. The van der Waals surface area contributed by atoms with Gasteiger partial charge in [-0.05, 0) is 43.0 Å². The Balaban J connectivity index is 1.34. The Labute approximate surface area is 205 Å². The summed E-state index contributed by atoms with van der Waals surface area (Å²) in [6, 6.07) is 28.8. The number of thioether (sulfide) groups is 1. The van der Waals surface area contributed by atoms with Crippen LogP contribution in [0.25, 0.3) is 5.69 Å². The molecule has 4 rings (SSSR count). The zero-order chi connectivity index (χ0) is 23.6. The lowest BCUT2D eigenvalue weighted by atomic mass is 10.1. The topological polar surface area (TPSA) is 59.8 Å². The van der Waals surface area contributed by atoms with Crippen LogP contribution in [0, 0.1) is 6.92 Å². The van der Waals surface area contributed by atoms with Crippen molar-refractivity contribution in [3.8, 4) is 5.69 Å². The maximum absolute atomic E-state index is 12.2. The van der Waals surface area contributed by atoms with Crippen molar-refractivity contribution < 1.29 is 4.79 Å². The third kappa shape index (κ3) is 6.81. The lowest BCUT2D eigenvalue weighted by molar-refractivity contribution is -0.121. The summed E-state index contributed by atoms with van der Waals surface area (Å²) >= 11 is 1.70. The van der Waals surface area contributed by atoms with Crippen LogP contribution in [0.15, 0.2) is 90.1 Å². The van der Waals surface area contributed by atoms with Crippen molar-refractivity contribution in [2.45, 2.75) is 50.1 Å². The van der Waals surface area contributed by atoms with E-state index in [1.165, 1.54) is 11.1 Å². The number of rotatable bonds is 11. The first kappa shape index (κ1) is 23.8. The molecule has 0 radical (unpaired) electrons. The number of nitrogens with one attached hydrogen (secondary N) is 1. The largest absolute Gasteiger partial charge is 0.352 e. The zero-order valence-corrected chi connectivity index (χ0v) is 20.3. The molecule has 34 heavy (non-hydrogen) atoms. The Morgan fingerprint density at radius 1 is 0.882 bits per heavy atom. The molecule has 1 heterocycles. The van der Waals surface area contributed by atoms with Crippen molar-refractivity contribution in [2.75, 3.05) is 0 Å². The third-order valence-electron chi connectivity index (χ3n) is 5.55. The molecule has 1 aromatic heterocycles.